The first-order valence-electron chi connectivity index (χ1n) is 6.20. The van der Waals surface area contributed by atoms with Crippen molar-refractivity contribution in [2.75, 3.05) is 10.8 Å². The van der Waals surface area contributed by atoms with Gasteiger partial charge in [0.05, 0.1) is 13.3 Å². The van der Waals surface area contributed by atoms with Gasteiger partial charge in [-0.1, -0.05) is 18.2 Å². The zero-order chi connectivity index (χ0) is 15.2. The zero-order valence-corrected chi connectivity index (χ0v) is 15.6. The van der Waals surface area contributed by atoms with E-state index >= 15 is 0 Å². The summed E-state index contributed by atoms with van der Waals surface area (Å²) >= 11 is 7.99. The highest BCUT2D eigenvalue weighted by atomic mass is 79.9. The van der Waals surface area contributed by atoms with Crippen LogP contribution in [0.15, 0.2) is 42.8 Å². The Labute approximate surface area is 144 Å². The van der Waals surface area contributed by atoms with Gasteiger partial charge in [0, 0.05) is 12.6 Å². The van der Waals surface area contributed by atoms with E-state index in [1.807, 2.05) is 24.3 Å². The third-order valence-electron chi connectivity index (χ3n) is 3.34. The molecule has 0 spiro atoms. The lowest BCUT2D eigenvalue weighted by atomic mass is 10.0. The van der Waals surface area contributed by atoms with Gasteiger partial charge in [-0.3, -0.25) is 4.31 Å². The van der Waals surface area contributed by atoms with Crippen molar-refractivity contribution in [3.63, 3.8) is 0 Å². The minimum atomic E-state index is -3.63. The summed E-state index contributed by atoms with van der Waals surface area (Å²) < 4.78 is 28.7. The summed E-state index contributed by atoms with van der Waals surface area (Å²) in [5.74, 6) is 0. The van der Waals surface area contributed by atoms with Gasteiger partial charge in [0.2, 0.25) is 0 Å². The van der Waals surface area contributed by atoms with Crippen LogP contribution in [-0.2, 0) is 16.4 Å². The molecule has 2 N–H and O–H groups in total. The van der Waals surface area contributed by atoms with Crippen molar-refractivity contribution in [1.82, 2.24) is 0 Å². The highest BCUT2D eigenvalue weighted by Crippen LogP contribution is 2.39. The van der Waals surface area contributed by atoms with E-state index < -0.39 is 10.0 Å². The summed E-state index contributed by atoms with van der Waals surface area (Å²) in [5.41, 5.74) is 7.71. The number of rotatable bonds is 2. The van der Waals surface area contributed by atoms with E-state index in [2.05, 4.69) is 31.9 Å². The molecule has 1 aromatic carbocycles. The van der Waals surface area contributed by atoms with E-state index in [0.717, 1.165) is 9.35 Å². The van der Waals surface area contributed by atoms with Crippen LogP contribution in [0.25, 0.3) is 0 Å². The number of benzene rings is 1. The summed E-state index contributed by atoms with van der Waals surface area (Å²) in [4.78, 5) is 0.267. The summed E-state index contributed by atoms with van der Waals surface area (Å²) in [6, 6.07) is 8.92. The highest BCUT2D eigenvalue weighted by molar-refractivity contribution is 9.12. The van der Waals surface area contributed by atoms with Crippen LogP contribution < -0.4 is 10.0 Å². The minimum Gasteiger partial charge on any atom is -0.326 e. The Balaban J connectivity index is 2.14. The molecule has 2 aromatic rings. The Morgan fingerprint density at radius 1 is 1.29 bits per heavy atom. The van der Waals surface area contributed by atoms with E-state index in [9.17, 15) is 8.42 Å². The first-order valence-corrected chi connectivity index (χ1v) is 10.0. The molecule has 1 aliphatic rings. The smallest absolute Gasteiger partial charge is 0.266 e. The summed E-state index contributed by atoms with van der Waals surface area (Å²) in [6.45, 7) is 0.291. The monoisotopic (exact) mass is 450 g/mol. The second-order valence-corrected chi connectivity index (χ2v) is 10.4. The predicted molar refractivity (Wildman–Crippen MR) is 92.4 cm³/mol. The normalized spacial score (nSPS) is 18.6. The second kappa shape index (κ2) is 5.66. The molecule has 8 heteroatoms. The standard InChI is InChI=1S/C13H12Br2N2O2S2/c14-12-6-11(13(15)20-12)21(18,19)17-7-9(16)5-8-3-1-2-4-10(8)17/h1-4,6,9H,5,7,16H2. The van der Waals surface area contributed by atoms with E-state index in [4.69, 9.17) is 5.73 Å². The first-order chi connectivity index (χ1) is 9.89. The van der Waals surface area contributed by atoms with Gasteiger partial charge in [0.1, 0.15) is 4.90 Å². The van der Waals surface area contributed by atoms with Crippen LogP contribution in [0.3, 0.4) is 0 Å². The van der Waals surface area contributed by atoms with Crippen molar-refractivity contribution in [2.24, 2.45) is 5.73 Å². The molecule has 0 amide bonds. The average Bonchev–Trinajstić information content (AvgIpc) is 2.77. The topological polar surface area (TPSA) is 63.4 Å². The predicted octanol–water partition coefficient (Wildman–Crippen LogP) is 3.35. The second-order valence-electron chi connectivity index (χ2n) is 4.82. The highest BCUT2D eigenvalue weighted by Gasteiger charge is 2.33. The van der Waals surface area contributed by atoms with Gasteiger partial charge in [0.15, 0.2) is 0 Å². The number of hydrogen-bond acceptors (Lipinski definition) is 4. The SMILES string of the molecule is NC1Cc2ccccc2N(S(=O)(=O)c2cc(Br)sc2Br)C1. The lowest BCUT2D eigenvalue weighted by Gasteiger charge is -2.33. The molecule has 1 aromatic heterocycles. The van der Waals surface area contributed by atoms with E-state index in [1.165, 1.54) is 15.6 Å². The number of fused-ring (bicyclic) bond motifs is 1. The molecule has 3 rings (SSSR count). The molecule has 2 heterocycles. The molecule has 112 valence electrons. The van der Waals surface area contributed by atoms with Gasteiger partial charge >= 0.3 is 0 Å². The minimum absolute atomic E-state index is 0.199. The Bertz CT molecular complexity index is 789. The zero-order valence-electron chi connectivity index (χ0n) is 10.8. The van der Waals surface area contributed by atoms with Gasteiger partial charge in [-0.25, -0.2) is 8.42 Å². The van der Waals surface area contributed by atoms with Crippen LogP contribution in [-0.4, -0.2) is 21.0 Å². The molecule has 21 heavy (non-hydrogen) atoms. The lowest BCUT2D eigenvalue weighted by molar-refractivity contribution is 0.575. The number of nitrogens with zero attached hydrogens (tertiary/aromatic N) is 1. The number of halogens is 2. The van der Waals surface area contributed by atoms with Crippen LogP contribution >= 0.6 is 43.2 Å². The van der Waals surface area contributed by atoms with Gasteiger partial charge in [0.25, 0.3) is 10.0 Å². The molecule has 0 saturated carbocycles. The quantitative estimate of drug-likeness (QED) is 0.761. The third-order valence-corrected chi connectivity index (χ3v) is 7.87. The maximum absolute atomic E-state index is 13.0. The van der Waals surface area contributed by atoms with Crippen molar-refractivity contribution < 1.29 is 8.42 Å². The number of thiophene rings is 1. The fourth-order valence-electron chi connectivity index (χ4n) is 2.43. The molecule has 0 aliphatic carbocycles. The van der Waals surface area contributed by atoms with Gasteiger partial charge in [-0.05, 0) is 56.0 Å². The van der Waals surface area contributed by atoms with Crippen molar-refractivity contribution in [1.29, 1.82) is 0 Å². The molecule has 0 bridgehead atoms. The maximum atomic E-state index is 13.0. The van der Waals surface area contributed by atoms with Crippen LogP contribution in [0.4, 0.5) is 5.69 Å². The van der Waals surface area contributed by atoms with Crippen molar-refractivity contribution >= 4 is 58.9 Å². The largest absolute Gasteiger partial charge is 0.326 e. The molecule has 1 unspecified atom stereocenters. The molecule has 1 atom stereocenters. The number of nitrogens with two attached hydrogens (primary N) is 1. The summed E-state index contributed by atoms with van der Waals surface area (Å²) in [6.07, 6.45) is 0.691. The molecular weight excluding hydrogens is 440 g/mol. The fraction of sp³-hybridized carbons (Fsp3) is 0.231. The Morgan fingerprint density at radius 2 is 2.00 bits per heavy atom. The number of hydrogen-bond donors (Lipinski definition) is 1. The first kappa shape index (κ1) is 15.5. The maximum Gasteiger partial charge on any atom is 0.266 e. The van der Waals surface area contributed by atoms with Crippen molar-refractivity contribution in [3.05, 3.63) is 43.5 Å². The van der Waals surface area contributed by atoms with E-state index in [0.29, 0.717) is 22.4 Å². The Kier molecular flexibility index (Phi) is 4.17. The van der Waals surface area contributed by atoms with Crippen LogP contribution in [0.5, 0.6) is 0 Å². The fourth-order valence-corrected chi connectivity index (χ4v) is 7.76. The Morgan fingerprint density at radius 3 is 2.67 bits per heavy atom. The molecule has 0 fully saturated rings. The van der Waals surface area contributed by atoms with E-state index in [-0.39, 0.29) is 10.9 Å². The number of para-hydroxylation sites is 1. The number of sulfonamides is 1. The van der Waals surface area contributed by atoms with Gasteiger partial charge < -0.3 is 5.73 Å². The van der Waals surface area contributed by atoms with Crippen molar-refractivity contribution in [2.45, 2.75) is 17.4 Å². The van der Waals surface area contributed by atoms with E-state index in [1.54, 1.807) is 6.07 Å². The molecular formula is C13H12Br2N2O2S2. The Hall–Kier alpha value is -0.410. The van der Waals surface area contributed by atoms with Crippen LogP contribution in [0.1, 0.15) is 5.56 Å². The molecule has 1 aliphatic heterocycles. The van der Waals surface area contributed by atoms with Crippen molar-refractivity contribution in [3.8, 4) is 0 Å². The molecule has 0 radical (unpaired) electrons. The van der Waals surface area contributed by atoms with Gasteiger partial charge in [-0.15, -0.1) is 11.3 Å². The summed E-state index contributed by atoms with van der Waals surface area (Å²) in [7, 11) is -3.63. The third kappa shape index (κ3) is 2.79. The number of anilines is 1. The van der Waals surface area contributed by atoms with Crippen LogP contribution in [0, 0.1) is 0 Å². The summed E-state index contributed by atoms with van der Waals surface area (Å²) in [5, 5.41) is 0. The van der Waals surface area contributed by atoms with Crippen LogP contribution in [0.2, 0.25) is 0 Å². The van der Waals surface area contributed by atoms with Gasteiger partial charge in [-0.2, -0.15) is 0 Å². The molecule has 4 nitrogen and oxygen atoms in total. The lowest BCUT2D eigenvalue weighted by Crippen LogP contribution is -2.46. The average molecular weight is 452 g/mol. The molecule has 0 saturated heterocycles.